The van der Waals surface area contributed by atoms with E-state index in [0.717, 1.165) is 5.56 Å². The average molecular weight is 293 g/mol. The molecule has 0 aromatic heterocycles. The van der Waals surface area contributed by atoms with Crippen molar-refractivity contribution in [1.29, 1.82) is 0 Å². The van der Waals surface area contributed by atoms with E-state index >= 15 is 0 Å². The maximum absolute atomic E-state index is 11.9. The predicted molar refractivity (Wildman–Crippen MR) is 76.5 cm³/mol. The highest BCUT2D eigenvalue weighted by Crippen LogP contribution is 2.10. The largest absolute Gasteiger partial charge is 0.508 e. The second kappa shape index (κ2) is 8.01. The third-order valence-corrected chi connectivity index (χ3v) is 2.84. The van der Waals surface area contributed by atoms with Crippen LogP contribution >= 0.6 is 0 Å². The Bertz CT molecular complexity index is 501. The number of phenolic OH excluding ortho intramolecular Hbond substituents is 1. The molecule has 1 aromatic carbocycles. The summed E-state index contributed by atoms with van der Waals surface area (Å²) in [6.07, 6.45) is 0.845. The van der Waals surface area contributed by atoms with Crippen LogP contribution in [0.3, 0.4) is 0 Å². The number of hydrogen-bond acceptors (Lipinski definition) is 5. The van der Waals surface area contributed by atoms with Gasteiger partial charge in [0.05, 0.1) is 12.6 Å². The summed E-state index contributed by atoms with van der Waals surface area (Å²) < 4.78 is 0. The molecule has 0 saturated heterocycles. The third kappa shape index (κ3) is 5.62. The molecular weight excluding hydrogens is 274 g/mol. The van der Waals surface area contributed by atoms with Gasteiger partial charge in [0, 0.05) is 0 Å². The van der Waals surface area contributed by atoms with E-state index in [9.17, 15) is 19.5 Å². The number of amides is 2. The van der Waals surface area contributed by atoms with Crippen LogP contribution in [0.4, 0.5) is 0 Å². The number of hydrogen-bond donors (Lipinski definition) is 4. The Kier molecular flexibility index (Phi) is 6.35. The lowest BCUT2D eigenvalue weighted by Gasteiger charge is -2.17. The second-order valence-electron chi connectivity index (χ2n) is 4.62. The fourth-order valence-electron chi connectivity index (χ4n) is 1.66. The van der Waals surface area contributed by atoms with Crippen LogP contribution in [0.2, 0.25) is 0 Å². The number of phenols is 1. The number of carbonyl (C=O) groups excluding carboxylic acids is 3. The van der Waals surface area contributed by atoms with Crippen LogP contribution in [0.5, 0.6) is 5.75 Å². The summed E-state index contributed by atoms with van der Waals surface area (Å²) in [7, 11) is 0. The fraction of sp³-hybridized carbons (Fsp3) is 0.357. The van der Waals surface area contributed by atoms with Crippen molar-refractivity contribution in [1.82, 2.24) is 10.6 Å². The molecule has 1 rings (SSSR count). The Morgan fingerprint density at radius 3 is 2.48 bits per heavy atom. The van der Waals surface area contributed by atoms with Crippen molar-refractivity contribution in [3.05, 3.63) is 29.8 Å². The molecule has 2 atom stereocenters. The minimum atomic E-state index is -0.809. The van der Waals surface area contributed by atoms with Crippen LogP contribution < -0.4 is 16.4 Å². The molecule has 0 fully saturated rings. The van der Waals surface area contributed by atoms with E-state index < -0.39 is 23.9 Å². The van der Waals surface area contributed by atoms with Crippen LogP contribution in [-0.4, -0.2) is 41.8 Å². The standard InChI is InChI=1S/C14H19N3O4/c1-9(13(20)16-6-7-18)17-14(21)12(15)8-10-2-4-11(19)5-3-10/h2-5,7,9,12,19H,6,8,15H2,1H3,(H,16,20)(H,17,21)/t9-,12+/m1/s1. The fourth-order valence-corrected chi connectivity index (χ4v) is 1.66. The molecule has 0 unspecified atom stereocenters. The van der Waals surface area contributed by atoms with Crippen molar-refractivity contribution in [2.45, 2.75) is 25.4 Å². The minimum absolute atomic E-state index is 0.0986. The highest BCUT2D eigenvalue weighted by molar-refractivity contribution is 5.90. The Morgan fingerprint density at radius 2 is 1.90 bits per heavy atom. The molecule has 0 saturated carbocycles. The number of aromatic hydroxyl groups is 1. The van der Waals surface area contributed by atoms with Crippen LogP contribution in [0.15, 0.2) is 24.3 Å². The number of nitrogens with two attached hydrogens (primary N) is 1. The van der Waals surface area contributed by atoms with Gasteiger partial charge in [0.1, 0.15) is 18.1 Å². The SMILES string of the molecule is C[C@@H](NC(=O)[C@@H](N)Cc1ccc(O)cc1)C(=O)NCC=O. The van der Waals surface area contributed by atoms with Crippen LogP contribution in [-0.2, 0) is 20.8 Å². The van der Waals surface area contributed by atoms with Gasteiger partial charge >= 0.3 is 0 Å². The molecule has 114 valence electrons. The van der Waals surface area contributed by atoms with Crippen LogP contribution in [0.25, 0.3) is 0 Å². The summed E-state index contributed by atoms with van der Waals surface area (Å²) in [6, 6.07) is 4.77. The maximum atomic E-state index is 11.9. The van der Waals surface area contributed by atoms with Gasteiger partial charge in [-0.3, -0.25) is 9.59 Å². The Labute approximate surface area is 122 Å². The first-order chi connectivity index (χ1) is 9.93. The number of aldehydes is 1. The van der Waals surface area contributed by atoms with Crippen molar-refractivity contribution in [3.8, 4) is 5.75 Å². The highest BCUT2D eigenvalue weighted by Gasteiger charge is 2.19. The summed E-state index contributed by atoms with van der Waals surface area (Å²) in [4.78, 5) is 33.5. The van der Waals surface area contributed by atoms with Crippen molar-refractivity contribution >= 4 is 18.1 Å². The lowest BCUT2D eigenvalue weighted by molar-refractivity contribution is -0.129. The molecule has 0 bridgehead atoms. The monoisotopic (exact) mass is 293 g/mol. The van der Waals surface area contributed by atoms with E-state index in [1.807, 2.05) is 0 Å². The molecule has 0 heterocycles. The number of rotatable bonds is 7. The van der Waals surface area contributed by atoms with E-state index in [2.05, 4.69) is 10.6 Å². The van der Waals surface area contributed by atoms with E-state index in [1.54, 1.807) is 12.1 Å². The van der Waals surface area contributed by atoms with Gasteiger partial charge in [-0.1, -0.05) is 12.1 Å². The lowest BCUT2D eigenvalue weighted by atomic mass is 10.1. The zero-order chi connectivity index (χ0) is 15.8. The molecule has 7 nitrogen and oxygen atoms in total. The molecule has 0 aliphatic rings. The highest BCUT2D eigenvalue weighted by atomic mass is 16.3. The Balaban J connectivity index is 2.48. The minimum Gasteiger partial charge on any atom is -0.508 e. The smallest absolute Gasteiger partial charge is 0.242 e. The summed E-state index contributed by atoms with van der Waals surface area (Å²) in [5.74, 6) is -0.777. The van der Waals surface area contributed by atoms with Crippen LogP contribution in [0.1, 0.15) is 12.5 Å². The third-order valence-electron chi connectivity index (χ3n) is 2.84. The quantitative estimate of drug-likeness (QED) is 0.484. The van der Waals surface area contributed by atoms with Gasteiger partial charge in [0.25, 0.3) is 0 Å². The molecule has 2 amide bonds. The van der Waals surface area contributed by atoms with E-state index in [4.69, 9.17) is 5.73 Å². The lowest BCUT2D eigenvalue weighted by Crippen LogP contribution is -2.51. The molecule has 21 heavy (non-hydrogen) atoms. The van der Waals surface area contributed by atoms with Gasteiger partial charge in [-0.15, -0.1) is 0 Å². The van der Waals surface area contributed by atoms with Gasteiger partial charge in [-0.25, -0.2) is 0 Å². The molecule has 1 aromatic rings. The van der Waals surface area contributed by atoms with Gasteiger partial charge in [0.15, 0.2) is 0 Å². The molecule has 0 aliphatic heterocycles. The second-order valence-corrected chi connectivity index (χ2v) is 4.62. The topological polar surface area (TPSA) is 122 Å². The molecule has 0 spiro atoms. The van der Waals surface area contributed by atoms with Crippen molar-refractivity contribution in [2.24, 2.45) is 5.73 Å². The van der Waals surface area contributed by atoms with E-state index in [1.165, 1.54) is 19.1 Å². The Hall–Kier alpha value is -2.41. The van der Waals surface area contributed by atoms with Crippen LogP contribution in [0, 0.1) is 0 Å². The van der Waals surface area contributed by atoms with Gasteiger partial charge < -0.3 is 26.3 Å². The number of carbonyl (C=O) groups is 3. The van der Waals surface area contributed by atoms with Crippen molar-refractivity contribution in [3.63, 3.8) is 0 Å². The zero-order valence-corrected chi connectivity index (χ0v) is 11.7. The summed E-state index contributed by atoms with van der Waals surface area (Å²) in [5, 5.41) is 14.0. The molecular formula is C14H19N3O4. The molecule has 0 aliphatic carbocycles. The average Bonchev–Trinajstić information content (AvgIpc) is 2.46. The van der Waals surface area contributed by atoms with E-state index in [-0.39, 0.29) is 18.7 Å². The first-order valence-corrected chi connectivity index (χ1v) is 6.49. The van der Waals surface area contributed by atoms with E-state index in [0.29, 0.717) is 6.29 Å². The molecule has 7 heteroatoms. The molecule has 0 radical (unpaired) electrons. The maximum Gasteiger partial charge on any atom is 0.242 e. The first kappa shape index (κ1) is 16.6. The van der Waals surface area contributed by atoms with Gasteiger partial charge in [-0.2, -0.15) is 0 Å². The van der Waals surface area contributed by atoms with Gasteiger partial charge in [0.2, 0.25) is 11.8 Å². The number of nitrogens with one attached hydrogen (secondary N) is 2. The number of benzene rings is 1. The predicted octanol–water partition coefficient (Wildman–Crippen LogP) is -0.918. The molecule has 5 N–H and O–H groups in total. The summed E-state index contributed by atoms with van der Waals surface area (Å²) in [5.41, 5.74) is 6.57. The normalized spacial score (nSPS) is 13.0. The van der Waals surface area contributed by atoms with Crippen molar-refractivity contribution < 1.29 is 19.5 Å². The Morgan fingerprint density at radius 1 is 1.29 bits per heavy atom. The first-order valence-electron chi connectivity index (χ1n) is 6.49. The summed E-state index contributed by atoms with van der Waals surface area (Å²) >= 11 is 0. The van der Waals surface area contributed by atoms with Crippen molar-refractivity contribution in [2.75, 3.05) is 6.54 Å². The summed E-state index contributed by atoms with van der Waals surface area (Å²) in [6.45, 7) is 1.41. The zero-order valence-electron chi connectivity index (χ0n) is 11.7. The van der Waals surface area contributed by atoms with Gasteiger partial charge in [-0.05, 0) is 31.0 Å².